The fraction of sp³-hybridized carbons (Fsp3) is 0.176. The molecule has 0 aliphatic carbocycles. The van der Waals surface area contributed by atoms with Crippen LogP contribution in [0.1, 0.15) is 26.3 Å². The SMILES string of the molecule is COCOc1ccc(C(=O)c2ccccc2)cc1C(=O)OC. The molecule has 114 valence electrons. The molecule has 22 heavy (non-hydrogen) atoms. The molecule has 0 atom stereocenters. The lowest BCUT2D eigenvalue weighted by atomic mass is 10.0. The summed E-state index contributed by atoms with van der Waals surface area (Å²) in [5.41, 5.74) is 1.11. The van der Waals surface area contributed by atoms with Gasteiger partial charge in [-0.1, -0.05) is 30.3 Å². The van der Waals surface area contributed by atoms with E-state index >= 15 is 0 Å². The van der Waals surface area contributed by atoms with Crippen molar-refractivity contribution in [2.75, 3.05) is 21.0 Å². The predicted molar refractivity (Wildman–Crippen MR) is 80.2 cm³/mol. The van der Waals surface area contributed by atoms with Gasteiger partial charge in [0.25, 0.3) is 0 Å². The molecule has 2 aromatic rings. The highest BCUT2D eigenvalue weighted by Crippen LogP contribution is 2.23. The Balaban J connectivity index is 2.38. The van der Waals surface area contributed by atoms with Gasteiger partial charge in [0, 0.05) is 18.2 Å². The van der Waals surface area contributed by atoms with Gasteiger partial charge in [-0.2, -0.15) is 0 Å². The molecule has 2 rings (SSSR count). The third-order valence-corrected chi connectivity index (χ3v) is 3.02. The van der Waals surface area contributed by atoms with Crippen LogP contribution in [0.3, 0.4) is 0 Å². The summed E-state index contributed by atoms with van der Waals surface area (Å²) in [7, 11) is 2.75. The average molecular weight is 300 g/mol. The van der Waals surface area contributed by atoms with E-state index in [0.717, 1.165) is 0 Å². The largest absolute Gasteiger partial charge is 0.467 e. The average Bonchev–Trinajstić information content (AvgIpc) is 2.59. The molecule has 0 saturated carbocycles. The number of carbonyl (C=O) groups excluding carboxylic acids is 2. The van der Waals surface area contributed by atoms with Crippen LogP contribution in [0, 0.1) is 0 Å². The first-order valence-electron chi connectivity index (χ1n) is 6.61. The van der Waals surface area contributed by atoms with Gasteiger partial charge in [0.05, 0.1) is 7.11 Å². The summed E-state index contributed by atoms with van der Waals surface area (Å²) in [6.07, 6.45) is 0. The van der Waals surface area contributed by atoms with E-state index in [1.54, 1.807) is 36.4 Å². The zero-order valence-electron chi connectivity index (χ0n) is 12.4. The van der Waals surface area contributed by atoms with Crippen molar-refractivity contribution in [3.8, 4) is 5.75 Å². The van der Waals surface area contributed by atoms with Crippen molar-refractivity contribution >= 4 is 11.8 Å². The first-order valence-corrected chi connectivity index (χ1v) is 6.61. The summed E-state index contributed by atoms with van der Waals surface area (Å²) >= 11 is 0. The minimum absolute atomic E-state index is 0.00400. The summed E-state index contributed by atoms with van der Waals surface area (Å²) in [5.74, 6) is -0.448. The van der Waals surface area contributed by atoms with Gasteiger partial charge >= 0.3 is 5.97 Å². The zero-order chi connectivity index (χ0) is 15.9. The molecule has 0 unspecified atom stereocenters. The number of rotatable bonds is 6. The van der Waals surface area contributed by atoms with Crippen molar-refractivity contribution in [2.45, 2.75) is 0 Å². The van der Waals surface area contributed by atoms with Crippen LogP contribution in [-0.4, -0.2) is 32.8 Å². The van der Waals surface area contributed by atoms with Gasteiger partial charge in [-0.3, -0.25) is 4.79 Å². The Hall–Kier alpha value is -2.66. The Morgan fingerprint density at radius 2 is 1.68 bits per heavy atom. The van der Waals surface area contributed by atoms with Crippen LogP contribution in [-0.2, 0) is 9.47 Å². The molecule has 2 aromatic carbocycles. The lowest BCUT2D eigenvalue weighted by Gasteiger charge is -2.11. The molecule has 0 N–H and O–H groups in total. The normalized spacial score (nSPS) is 10.1. The van der Waals surface area contributed by atoms with Crippen LogP contribution in [0.15, 0.2) is 48.5 Å². The van der Waals surface area contributed by atoms with E-state index in [1.807, 2.05) is 6.07 Å². The number of methoxy groups -OCH3 is 2. The Bertz CT molecular complexity index is 664. The third-order valence-electron chi connectivity index (χ3n) is 3.02. The fourth-order valence-electron chi connectivity index (χ4n) is 1.95. The monoisotopic (exact) mass is 300 g/mol. The maximum atomic E-state index is 12.4. The molecule has 0 heterocycles. The van der Waals surface area contributed by atoms with Gasteiger partial charge < -0.3 is 14.2 Å². The summed E-state index contributed by atoms with van der Waals surface area (Å²) in [5, 5.41) is 0. The van der Waals surface area contributed by atoms with Gasteiger partial charge in [0.2, 0.25) is 0 Å². The smallest absolute Gasteiger partial charge is 0.341 e. The number of esters is 1. The minimum atomic E-state index is -0.575. The highest BCUT2D eigenvalue weighted by molar-refractivity contribution is 6.10. The van der Waals surface area contributed by atoms with Crippen LogP contribution >= 0.6 is 0 Å². The Morgan fingerprint density at radius 1 is 0.955 bits per heavy atom. The van der Waals surface area contributed by atoms with Crippen molar-refractivity contribution in [2.24, 2.45) is 0 Å². The number of ether oxygens (including phenoxy) is 3. The highest BCUT2D eigenvalue weighted by atomic mass is 16.7. The van der Waals surface area contributed by atoms with E-state index < -0.39 is 5.97 Å². The molecular formula is C17H16O5. The fourth-order valence-corrected chi connectivity index (χ4v) is 1.95. The molecular weight excluding hydrogens is 284 g/mol. The standard InChI is InChI=1S/C17H16O5/c1-20-11-22-15-9-8-13(10-14(15)17(19)21-2)16(18)12-6-4-3-5-7-12/h3-10H,11H2,1-2H3. The van der Waals surface area contributed by atoms with E-state index in [-0.39, 0.29) is 18.1 Å². The molecule has 0 aliphatic heterocycles. The number of carbonyl (C=O) groups is 2. The van der Waals surface area contributed by atoms with Gasteiger partial charge in [-0.05, 0) is 18.2 Å². The summed E-state index contributed by atoms with van der Waals surface area (Å²) in [4.78, 5) is 24.3. The second-order valence-electron chi connectivity index (χ2n) is 4.45. The quantitative estimate of drug-likeness (QED) is 0.466. The van der Waals surface area contributed by atoms with E-state index in [9.17, 15) is 9.59 Å². The number of hydrogen-bond donors (Lipinski definition) is 0. The van der Waals surface area contributed by atoms with Crippen LogP contribution in [0.5, 0.6) is 5.75 Å². The molecule has 0 aliphatic rings. The van der Waals surface area contributed by atoms with E-state index in [1.165, 1.54) is 20.3 Å². The van der Waals surface area contributed by atoms with Crippen molar-refractivity contribution in [1.82, 2.24) is 0 Å². The van der Waals surface area contributed by atoms with Crippen LogP contribution in [0.4, 0.5) is 0 Å². The molecule has 0 aromatic heterocycles. The van der Waals surface area contributed by atoms with Crippen LogP contribution in [0.25, 0.3) is 0 Å². The van der Waals surface area contributed by atoms with Crippen molar-refractivity contribution in [3.63, 3.8) is 0 Å². The summed E-state index contributed by atoms with van der Waals surface area (Å²) < 4.78 is 14.9. The molecule has 0 fully saturated rings. The molecule has 0 amide bonds. The number of benzene rings is 2. The Labute approximate surface area is 128 Å². The van der Waals surface area contributed by atoms with Crippen molar-refractivity contribution < 1.29 is 23.8 Å². The highest BCUT2D eigenvalue weighted by Gasteiger charge is 2.17. The maximum absolute atomic E-state index is 12.4. The van der Waals surface area contributed by atoms with Crippen LogP contribution in [0.2, 0.25) is 0 Å². The van der Waals surface area contributed by atoms with E-state index in [2.05, 4.69) is 0 Å². The Morgan fingerprint density at radius 3 is 2.32 bits per heavy atom. The van der Waals surface area contributed by atoms with Gasteiger partial charge in [-0.15, -0.1) is 0 Å². The van der Waals surface area contributed by atoms with Crippen molar-refractivity contribution in [3.05, 3.63) is 65.2 Å². The first-order chi connectivity index (χ1) is 10.7. The first kappa shape index (κ1) is 15.7. The molecule has 5 nitrogen and oxygen atoms in total. The minimum Gasteiger partial charge on any atom is -0.467 e. The molecule has 0 saturated heterocycles. The van der Waals surface area contributed by atoms with Crippen molar-refractivity contribution in [1.29, 1.82) is 0 Å². The van der Waals surface area contributed by atoms with Crippen LogP contribution < -0.4 is 4.74 Å². The molecule has 0 spiro atoms. The van der Waals surface area contributed by atoms with Gasteiger partial charge in [0.1, 0.15) is 11.3 Å². The molecule has 0 bridgehead atoms. The third kappa shape index (κ3) is 3.51. The summed E-state index contributed by atoms with van der Waals surface area (Å²) in [6, 6.07) is 13.5. The lowest BCUT2D eigenvalue weighted by Crippen LogP contribution is -2.10. The second-order valence-corrected chi connectivity index (χ2v) is 4.45. The van der Waals surface area contributed by atoms with Gasteiger partial charge in [-0.25, -0.2) is 4.79 Å². The maximum Gasteiger partial charge on any atom is 0.341 e. The number of hydrogen-bond acceptors (Lipinski definition) is 5. The zero-order valence-corrected chi connectivity index (χ0v) is 12.4. The number of ketones is 1. The lowest BCUT2D eigenvalue weighted by molar-refractivity contribution is 0.0465. The van der Waals surface area contributed by atoms with Gasteiger partial charge in [0.15, 0.2) is 12.6 Å². The predicted octanol–water partition coefficient (Wildman–Crippen LogP) is 2.69. The van der Waals surface area contributed by atoms with E-state index in [0.29, 0.717) is 16.9 Å². The molecule has 5 heteroatoms. The molecule has 0 radical (unpaired) electrons. The van der Waals surface area contributed by atoms with E-state index in [4.69, 9.17) is 14.2 Å². The second kappa shape index (κ2) is 7.38. The summed E-state index contributed by atoms with van der Waals surface area (Å²) in [6.45, 7) is -0.00400. The Kier molecular flexibility index (Phi) is 5.27. The topological polar surface area (TPSA) is 61.8 Å².